The Morgan fingerprint density at radius 1 is 0.635 bits per heavy atom. The van der Waals surface area contributed by atoms with Crippen LogP contribution in [0.4, 0.5) is 0 Å². The normalized spacial score (nSPS) is 20.8. The van der Waals surface area contributed by atoms with Crippen LogP contribution >= 0.6 is 0 Å². The number of sulfonamides is 1. The summed E-state index contributed by atoms with van der Waals surface area (Å²) < 4.78 is 52.0. The first kappa shape index (κ1) is 37.4. The molecule has 5 aromatic carbocycles. The van der Waals surface area contributed by atoms with Crippen LogP contribution in [0, 0.1) is 6.92 Å². The zero-order valence-corrected chi connectivity index (χ0v) is 30.5. The average molecular weight is 717 g/mol. The lowest BCUT2D eigenvalue weighted by Gasteiger charge is -2.53. The van der Waals surface area contributed by atoms with Gasteiger partial charge < -0.3 is 14.2 Å². The summed E-state index contributed by atoms with van der Waals surface area (Å²) in [7, 11) is -3.98. The molecule has 0 spiro atoms. The van der Waals surface area contributed by atoms with Crippen LogP contribution in [0.15, 0.2) is 163 Å². The van der Waals surface area contributed by atoms with Gasteiger partial charge in [-0.25, -0.2) is 13.1 Å². The molecular weight excluding hydrogens is 669 g/mol. The molecule has 0 aliphatic carbocycles. The molecule has 6 rings (SSSR count). The van der Waals surface area contributed by atoms with E-state index in [4.69, 9.17) is 14.2 Å². The first-order valence-corrected chi connectivity index (χ1v) is 19.3. The van der Waals surface area contributed by atoms with Crippen molar-refractivity contribution in [3.8, 4) is 0 Å². The molecule has 1 aliphatic heterocycles. The second-order valence-electron chi connectivity index (χ2n) is 13.3. The molecule has 5 aromatic rings. The third-order valence-corrected chi connectivity index (χ3v) is 11.0. The number of piperidine rings is 1. The molecule has 52 heavy (non-hydrogen) atoms. The molecule has 0 aromatic heterocycles. The molecule has 5 atom stereocenters. The van der Waals surface area contributed by atoms with Crippen molar-refractivity contribution >= 4 is 10.0 Å². The van der Waals surface area contributed by atoms with E-state index in [9.17, 15) is 8.42 Å². The third kappa shape index (κ3) is 9.92. The van der Waals surface area contributed by atoms with Gasteiger partial charge in [-0.2, -0.15) is 0 Å². The Morgan fingerprint density at radius 3 is 1.63 bits per heavy atom. The molecule has 0 unspecified atom stereocenters. The largest absolute Gasteiger partial charge is 0.375 e. The summed E-state index contributed by atoms with van der Waals surface area (Å²) in [5, 5.41) is 0. The van der Waals surface area contributed by atoms with E-state index in [0.29, 0.717) is 32.8 Å². The van der Waals surface area contributed by atoms with E-state index in [1.54, 1.807) is 12.1 Å². The molecule has 0 radical (unpaired) electrons. The van der Waals surface area contributed by atoms with Crippen LogP contribution in [0.25, 0.3) is 0 Å². The maximum Gasteiger partial charge on any atom is 0.240 e. The lowest BCUT2D eigenvalue weighted by molar-refractivity contribution is -0.183. The van der Waals surface area contributed by atoms with Crippen molar-refractivity contribution in [1.29, 1.82) is 0 Å². The van der Waals surface area contributed by atoms with E-state index >= 15 is 0 Å². The van der Waals surface area contributed by atoms with Gasteiger partial charge in [-0.1, -0.05) is 145 Å². The summed E-state index contributed by atoms with van der Waals surface area (Å²) in [4.78, 5) is 2.53. The molecule has 1 saturated heterocycles. The second kappa shape index (κ2) is 18.4. The number of aryl methyl sites for hydroxylation is 1. The van der Waals surface area contributed by atoms with Gasteiger partial charge in [0.1, 0.15) is 12.2 Å². The monoisotopic (exact) mass is 716 g/mol. The minimum atomic E-state index is -3.98. The van der Waals surface area contributed by atoms with Crippen LogP contribution in [-0.2, 0) is 50.6 Å². The molecule has 270 valence electrons. The first-order valence-electron chi connectivity index (χ1n) is 17.8. The van der Waals surface area contributed by atoms with Gasteiger partial charge in [0.25, 0.3) is 0 Å². The van der Waals surface area contributed by atoms with Crippen molar-refractivity contribution < 1.29 is 22.6 Å². The van der Waals surface area contributed by atoms with E-state index in [0.717, 1.165) is 27.8 Å². The van der Waals surface area contributed by atoms with E-state index < -0.39 is 28.3 Å². The number of likely N-dealkylation sites (tertiary alicyclic amines) is 1. The molecule has 0 bridgehead atoms. The summed E-state index contributed by atoms with van der Waals surface area (Å²) in [6, 6.07) is 45.9. The first-order chi connectivity index (χ1) is 25.4. The lowest BCUT2D eigenvalue weighted by Crippen LogP contribution is -2.71. The second-order valence-corrected chi connectivity index (χ2v) is 15.0. The van der Waals surface area contributed by atoms with Crippen LogP contribution in [0.3, 0.4) is 0 Å². The van der Waals surface area contributed by atoms with Gasteiger partial charge in [0.15, 0.2) is 0 Å². The quantitative estimate of drug-likeness (QED) is 0.0989. The lowest BCUT2D eigenvalue weighted by atomic mass is 9.84. The van der Waals surface area contributed by atoms with E-state index in [1.807, 2.05) is 134 Å². The number of nitrogens with one attached hydrogen (secondary N) is 1. The Hall–Kier alpha value is -4.41. The van der Waals surface area contributed by atoms with Crippen LogP contribution < -0.4 is 4.72 Å². The third-order valence-electron chi connectivity index (χ3n) is 9.53. The molecule has 0 amide bonds. The molecule has 1 aliphatic rings. The van der Waals surface area contributed by atoms with Gasteiger partial charge in [0.2, 0.25) is 10.0 Å². The highest BCUT2D eigenvalue weighted by Crippen LogP contribution is 2.35. The van der Waals surface area contributed by atoms with Gasteiger partial charge in [-0.3, -0.25) is 4.90 Å². The predicted octanol–water partition coefficient (Wildman–Crippen LogP) is 7.86. The fraction of sp³-hybridized carbons (Fsp3) is 0.273. The Balaban J connectivity index is 1.44. The van der Waals surface area contributed by atoms with Crippen LogP contribution in [0.2, 0.25) is 0 Å². The van der Waals surface area contributed by atoms with Crippen molar-refractivity contribution in [1.82, 2.24) is 9.62 Å². The van der Waals surface area contributed by atoms with Crippen molar-refractivity contribution in [3.63, 3.8) is 0 Å². The number of benzene rings is 5. The van der Waals surface area contributed by atoms with Gasteiger partial charge >= 0.3 is 0 Å². The zero-order valence-electron chi connectivity index (χ0n) is 29.7. The number of ether oxygens (including phenoxy) is 3. The highest BCUT2D eigenvalue weighted by molar-refractivity contribution is 7.89. The maximum atomic E-state index is 14.3. The van der Waals surface area contributed by atoms with Gasteiger partial charge in [0, 0.05) is 12.6 Å². The standard InChI is InChI=1S/C44H48N2O5S/c1-3-16-40-42(45-52(47,48)39-27-25-34(2)26-28-39)44(51-32-38-23-14-7-15-24-38)43(50-31-37-21-12-6-13-22-37)41(33-49-30-36-19-10-5-11-20-36)46(40)29-35-17-8-4-9-18-35/h3-15,17-28,40-45H,1,16,29-33H2,2H3/t40-,41+,42+,43-,44-/m1/s1. The van der Waals surface area contributed by atoms with E-state index in [1.165, 1.54) is 0 Å². The van der Waals surface area contributed by atoms with Crippen molar-refractivity contribution in [3.05, 3.63) is 186 Å². The van der Waals surface area contributed by atoms with Crippen LogP contribution in [-0.4, -0.2) is 50.3 Å². The molecule has 8 heteroatoms. The fourth-order valence-corrected chi connectivity index (χ4v) is 8.16. The highest BCUT2D eigenvalue weighted by atomic mass is 32.2. The van der Waals surface area contributed by atoms with Crippen molar-refractivity contribution in [2.24, 2.45) is 0 Å². The molecule has 7 nitrogen and oxygen atoms in total. The topological polar surface area (TPSA) is 77.1 Å². The molecule has 1 fully saturated rings. The number of hydrogen-bond acceptors (Lipinski definition) is 6. The summed E-state index contributed by atoms with van der Waals surface area (Å²) in [5.74, 6) is 0. The number of rotatable bonds is 17. The Bertz CT molecular complexity index is 1910. The van der Waals surface area contributed by atoms with E-state index in [-0.39, 0.29) is 23.6 Å². The van der Waals surface area contributed by atoms with Crippen molar-refractivity contribution in [2.75, 3.05) is 6.61 Å². The zero-order chi connectivity index (χ0) is 36.2. The van der Waals surface area contributed by atoms with E-state index in [2.05, 4.69) is 28.3 Å². The molecule has 1 heterocycles. The van der Waals surface area contributed by atoms with Gasteiger partial charge in [0.05, 0.1) is 43.4 Å². The number of hydrogen-bond donors (Lipinski definition) is 1. The van der Waals surface area contributed by atoms with Gasteiger partial charge in [-0.05, 0) is 47.7 Å². The summed E-state index contributed by atoms with van der Waals surface area (Å²) in [6.45, 7) is 7.95. The molecular formula is C44H48N2O5S. The summed E-state index contributed by atoms with van der Waals surface area (Å²) in [6.07, 6.45) is 1.08. The molecule has 1 N–H and O–H groups in total. The maximum absolute atomic E-state index is 14.3. The van der Waals surface area contributed by atoms with Gasteiger partial charge in [-0.15, -0.1) is 6.58 Å². The van der Waals surface area contributed by atoms with Crippen LogP contribution in [0.1, 0.15) is 34.2 Å². The summed E-state index contributed by atoms with van der Waals surface area (Å²) in [5.41, 5.74) is 5.13. The Labute approximate surface area is 308 Å². The smallest absolute Gasteiger partial charge is 0.240 e. The van der Waals surface area contributed by atoms with Crippen molar-refractivity contribution in [2.45, 2.75) is 74.9 Å². The highest BCUT2D eigenvalue weighted by Gasteiger charge is 2.51. The minimum Gasteiger partial charge on any atom is -0.375 e. The minimum absolute atomic E-state index is 0.196. The summed E-state index contributed by atoms with van der Waals surface area (Å²) >= 11 is 0. The molecule has 0 saturated carbocycles. The van der Waals surface area contributed by atoms with Crippen LogP contribution in [0.5, 0.6) is 0 Å². The Kier molecular flexibility index (Phi) is 13.2. The fourth-order valence-electron chi connectivity index (χ4n) is 6.88. The average Bonchev–Trinajstić information content (AvgIpc) is 3.17. The SMILES string of the molecule is C=CC[C@@H]1[C@H](NS(=O)(=O)c2ccc(C)cc2)[C@@H](OCc2ccccc2)[C@H](OCc2ccccc2)[C@H](COCc2ccccc2)N1Cc1ccccc1. The predicted molar refractivity (Wildman–Crippen MR) is 206 cm³/mol. The number of nitrogens with zero attached hydrogens (tertiary/aromatic N) is 1. The Morgan fingerprint density at radius 2 is 1.12 bits per heavy atom.